The van der Waals surface area contributed by atoms with E-state index in [-0.39, 0.29) is 0 Å². The molecular weight excluding hydrogens is 350 g/mol. The molecule has 1 saturated heterocycles. The van der Waals surface area contributed by atoms with Crippen LogP contribution in [0.1, 0.15) is 90.9 Å². The van der Waals surface area contributed by atoms with Gasteiger partial charge in [0.2, 0.25) is 11.6 Å². The van der Waals surface area contributed by atoms with Gasteiger partial charge in [0.1, 0.15) is 0 Å². The molecule has 1 unspecified atom stereocenters. The fourth-order valence-electron chi connectivity index (χ4n) is 7.41. The monoisotopic (exact) mass is 391 g/mol. The summed E-state index contributed by atoms with van der Waals surface area (Å²) in [5, 5.41) is 3.71. The van der Waals surface area contributed by atoms with Crippen molar-refractivity contribution in [3.8, 4) is 0 Å². The average molecular weight is 392 g/mol. The van der Waals surface area contributed by atoms with Gasteiger partial charge in [-0.3, -0.25) is 0 Å². The predicted molar refractivity (Wildman–Crippen MR) is 109 cm³/mol. The molecule has 1 atom stereocenters. The molecule has 0 aromatic heterocycles. The van der Waals surface area contributed by atoms with Gasteiger partial charge < -0.3 is 10.1 Å². The largest absolute Gasteiger partial charge is 0.316 e. The van der Waals surface area contributed by atoms with Crippen molar-refractivity contribution in [3.05, 3.63) is 0 Å². The average Bonchev–Trinajstić information content (AvgIpc) is 3.05. The number of hydrogen-bond donors (Lipinski definition) is 1. The molecule has 5 saturated carbocycles. The summed E-state index contributed by atoms with van der Waals surface area (Å²) in [6.07, 6.45) is 15.0. The number of rotatable bonds is 7. The van der Waals surface area contributed by atoms with Crippen LogP contribution in [-0.2, 0) is 14.5 Å². The lowest BCUT2D eigenvalue weighted by Gasteiger charge is -2.57. The molecule has 6 rings (SSSR count). The van der Waals surface area contributed by atoms with Crippen LogP contribution in [0.3, 0.4) is 0 Å². The van der Waals surface area contributed by atoms with E-state index >= 15 is 0 Å². The van der Waals surface area contributed by atoms with Crippen molar-refractivity contribution in [2.75, 3.05) is 13.1 Å². The molecule has 4 heteroatoms. The number of nitrogens with one attached hydrogen (secondary N) is 1. The highest BCUT2D eigenvalue weighted by molar-refractivity contribution is 5.05. The molecule has 5 aliphatic carbocycles. The first-order chi connectivity index (χ1) is 13.6. The zero-order valence-corrected chi connectivity index (χ0v) is 18.1. The molecule has 0 aromatic rings. The highest BCUT2D eigenvalue weighted by Gasteiger charge is 2.66. The van der Waals surface area contributed by atoms with Crippen molar-refractivity contribution < 1.29 is 14.5 Å². The fourth-order valence-corrected chi connectivity index (χ4v) is 7.41. The van der Waals surface area contributed by atoms with E-state index in [9.17, 15) is 0 Å². The van der Waals surface area contributed by atoms with E-state index in [0.29, 0.717) is 11.8 Å². The summed E-state index contributed by atoms with van der Waals surface area (Å²) in [6, 6.07) is 0. The van der Waals surface area contributed by atoms with E-state index in [2.05, 4.69) is 19.2 Å². The second-order valence-corrected chi connectivity index (χ2v) is 11.0. The van der Waals surface area contributed by atoms with Crippen LogP contribution in [0.5, 0.6) is 0 Å². The van der Waals surface area contributed by atoms with Gasteiger partial charge in [-0.15, -0.1) is 0 Å². The Morgan fingerprint density at radius 2 is 1.61 bits per heavy atom. The van der Waals surface area contributed by atoms with E-state index < -0.39 is 11.6 Å². The Hall–Kier alpha value is -0.160. The predicted octanol–water partition coefficient (Wildman–Crippen LogP) is 5.42. The standard InChI is InChI=1S/C24H41NO3/c1-3-4-17(2)7-10-25-16-18-5-8-23(9-6-18)26-24(28-27-23)21-12-19-11-20(14-21)15-22(24)13-19/h17-22,25H,3-16H2,1-2H3. The highest BCUT2D eigenvalue weighted by atomic mass is 17.3. The van der Waals surface area contributed by atoms with Gasteiger partial charge in [-0.25, -0.2) is 0 Å². The zero-order chi connectivity index (χ0) is 19.2. The van der Waals surface area contributed by atoms with Gasteiger partial charge in [0.05, 0.1) is 0 Å². The summed E-state index contributed by atoms with van der Waals surface area (Å²) in [7, 11) is 0. The molecule has 1 N–H and O–H groups in total. The highest BCUT2D eigenvalue weighted by Crippen LogP contribution is 2.63. The van der Waals surface area contributed by atoms with E-state index in [1.807, 2.05) is 0 Å². The van der Waals surface area contributed by atoms with Crippen molar-refractivity contribution in [2.24, 2.45) is 35.5 Å². The third-order valence-corrected chi connectivity index (χ3v) is 8.84. The number of ether oxygens (including phenoxy) is 1. The van der Waals surface area contributed by atoms with Crippen LogP contribution in [0.2, 0.25) is 0 Å². The molecule has 4 bridgehead atoms. The molecule has 1 heterocycles. The Labute approximate surface area is 171 Å². The minimum atomic E-state index is -0.443. The second kappa shape index (κ2) is 7.83. The summed E-state index contributed by atoms with van der Waals surface area (Å²) < 4.78 is 6.82. The summed E-state index contributed by atoms with van der Waals surface area (Å²) >= 11 is 0. The number of hydrogen-bond acceptors (Lipinski definition) is 4. The van der Waals surface area contributed by atoms with E-state index in [0.717, 1.165) is 49.6 Å². The van der Waals surface area contributed by atoms with Crippen molar-refractivity contribution in [3.63, 3.8) is 0 Å². The lowest BCUT2D eigenvalue weighted by atomic mass is 9.53. The molecular formula is C24H41NO3. The van der Waals surface area contributed by atoms with Gasteiger partial charge in [-0.2, -0.15) is 9.78 Å². The third-order valence-electron chi connectivity index (χ3n) is 8.84. The first-order valence-electron chi connectivity index (χ1n) is 12.4. The van der Waals surface area contributed by atoms with E-state index in [1.54, 1.807) is 0 Å². The van der Waals surface area contributed by atoms with Crippen molar-refractivity contribution in [2.45, 2.75) is 102 Å². The maximum atomic E-state index is 6.82. The van der Waals surface area contributed by atoms with Crippen molar-refractivity contribution in [1.29, 1.82) is 0 Å². The second-order valence-electron chi connectivity index (χ2n) is 11.0. The maximum Gasteiger partial charge on any atom is 0.210 e. The summed E-state index contributed by atoms with van der Waals surface area (Å²) in [5.74, 6) is 3.78. The lowest BCUT2D eigenvalue weighted by Crippen LogP contribution is -2.59. The summed E-state index contributed by atoms with van der Waals surface area (Å²) in [6.45, 7) is 6.97. The molecule has 160 valence electrons. The fraction of sp³-hybridized carbons (Fsp3) is 1.00. The van der Waals surface area contributed by atoms with E-state index in [4.69, 9.17) is 14.5 Å². The summed E-state index contributed by atoms with van der Waals surface area (Å²) in [4.78, 5) is 12.2. The summed E-state index contributed by atoms with van der Waals surface area (Å²) in [5.41, 5.74) is 0. The Morgan fingerprint density at radius 3 is 2.25 bits per heavy atom. The van der Waals surface area contributed by atoms with Gasteiger partial charge in [-0.1, -0.05) is 26.7 Å². The topological polar surface area (TPSA) is 39.7 Å². The third kappa shape index (κ3) is 3.57. The van der Waals surface area contributed by atoms with Crippen LogP contribution in [-0.4, -0.2) is 24.7 Å². The van der Waals surface area contributed by atoms with Gasteiger partial charge in [0.25, 0.3) is 0 Å². The molecule has 1 aliphatic heterocycles. The van der Waals surface area contributed by atoms with Gasteiger partial charge in [0, 0.05) is 24.7 Å². The van der Waals surface area contributed by atoms with Gasteiger partial charge >= 0.3 is 0 Å². The SMILES string of the molecule is CCCC(C)CCNCC1CCC2(CC1)OOC1(O2)C2CC3CC(C2)CC1C3. The molecule has 2 spiro atoms. The first kappa shape index (κ1) is 19.8. The minimum Gasteiger partial charge on any atom is -0.316 e. The van der Waals surface area contributed by atoms with Crippen LogP contribution in [0.4, 0.5) is 0 Å². The quantitative estimate of drug-likeness (QED) is 0.465. The Bertz CT molecular complexity index is 514. The molecule has 28 heavy (non-hydrogen) atoms. The van der Waals surface area contributed by atoms with Crippen LogP contribution in [0, 0.1) is 35.5 Å². The van der Waals surface area contributed by atoms with Gasteiger partial charge in [-0.05, 0) is 88.1 Å². The smallest absolute Gasteiger partial charge is 0.210 e. The van der Waals surface area contributed by atoms with Crippen LogP contribution in [0.25, 0.3) is 0 Å². The minimum absolute atomic E-state index is 0.395. The first-order valence-corrected chi connectivity index (χ1v) is 12.4. The van der Waals surface area contributed by atoms with Gasteiger partial charge in [0.15, 0.2) is 0 Å². The van der Waals surface area contributed by atoms with Crippen molar-refractivity contribution >= 4 is 0 Å². The molecule has 0 aromatic carbocycles. The van der Waals surface area contributed by atoms with Crippen LogP contribution in [0.15, 0.2) is 0 Å². The van der Waals surface area contributed by atoms with E-state index in [1.165, 1.54) is 64.2 Å². The van der Waals surface area contributed by atoms with Crippen LogP contribution >= 0.6 is 0 Å². The zero-order valence-electron chi connectivity index (χ0n) is 18.1. The molecule has 0 amide bonds. The maximum absolute atomic E-state index is 6.82. The normalized spacial score (nSPS) is 48.0. The molecule has 6 aliphatic rings. The Kier molecular flexibility index (Phi) is 5.53. The molecule has 4 nitrogen and oxygen atoms in total. The van der Waals surface area contributed by atoms with Crippen LogP contribution < -0.4 is 5.32 Å². The Morgan fingerprint density at radius 1 is 0.929 bits per heavy atom. The van der Waals surface area contributed by atoms with Crippen molar-refractivity contribution in [1.82, 2.24) is 5.32 Å². The molecule has 6 fully saturated rings. The molecule has 0 radical (unpaired) electrons. The lowest BCUT2D eigenvalue weighted by molar-refractivity contribution is -0.390. The Balaban J connectivity index is 1.10.